The molecule has 3 atom stereocenters. The van der Waals surface area contributed by atoms with E-state index in [4.69, 9.17) is 9.47 Å². The normalized spacial score (nSPS) is 25.4. The Kier molecular flexibility index (Phi) is 6.88. The van der Waals surface area contributed by atoms with Gasteiger partial charge >= 0.3 is 5.97 Å². The molecule has 2 N–H and O–H groups in total. The van der Waals surface area contributed by atoms with E-state index in [0.717, 1.165) is 5.56 Å². The lowest BCUT2D eigenvalue weighted by atomic mass is 10.0. The zero-order chi connectivity index (χ0) is 24.3. The number of carbonyl (C=O) groups is 3. The van der Waals surface area contributed by atoms with Crippen molar-refractivity contribution >= 4 is 17.8 Å². The number of benzene rings is 2. The Balaban J connectivity index is 1.70. The van der Waals surface area contributed by atoms with Crippen molar-refractivity contribution in [3.8, 4) is 5.75 Å². The molecule has 1 fully saturated rings. The van der Waals surface area contributed by atoms with Crippen LogP contribution in [0.2, 0.25) is 0 Å². The van der Waals surface area contributed by atoms with Gasteiger partial charge in [-0.15, -0.1) is 0 Å². The maximum atomic E-state index is 13.7. The fraction of sp³-hybridized carbons (Fsp3) is 0.423. The van der Waals surface area contributed by atoms with E-state index in [2.05, 4.69) is 5.32 Å². The molecule has 0 radical (unpaired) electrons. The molecule has 180 valence electrons. The largest absolute Gasteiger partial charge is 0.493 e. The standard InChI is InChI=1S/C26H30N2O6/c1-26(2)11-12-33-19-10-6-7-17(13-19)14-22(29)27-23(18-8-4-3-5-9-18)24(30)28-16-20(34-26)15-21(28)25(31)32/h3-10,13,20-21,23H,11-12,14-16H2,1-2H3,(H,27,29)(H,31,32)/t20-,21+,23+/m1/s1. The number of carbonyl (C=O) groups excluding carboxylic acids is 2. The number of rotatable bonds is 2. The minimum absolute atomic E-state index is 0.0629. The molecule has 2 amide bonds. The van der Waals surface area contributed by atoms with Gasteiger partial charge in [0.25, 0.3) is 5.91 Å². The molecule has 8 nitrogen and oxygen atoms in total. The summed E-state index contributed by atoms with van der Waals surface area (Å²) in [6, 6.07) is 14.1. The number of nitrogens with one attached hydrogen (secondary N) is 1. The second kappa shape index (κ2) is 9.85. The molecule has 0 spiro atoms. The number of carboxylic acids is 1. The molecule has 0 saturated carbocycles. The zero-order valence-electron chi connectivity index (χ0n) is 19.4. The van der Waals surface area contributed by atoms with Crippen molar-refractivity contribution < 1.29 is 29.0 Å². The topological polar surface area (TPSA) is 105 Å². The Morgan fingerprint density at radius 2 is 1.88 bits per heavy atom. The molecule has 2 aromatic carbocycles. The minimum atomic E-state index is -1.09. The first kappa shape index (κ1) is 23.8. The SMILES string of the molecule is CC1(C)CCOc2cccc(c2)CC(=O)N[C@@H](c2ccccc2)C(=O)N2C[C@@H](C[C@H]2C(=O)O)O1. The van der Waals surface area contributed by atoms with Gasteiger partial charge in [-0.3, -0.25) is 9.59 Å². The smallest absolute Gasteiger partial charge is 0.326 e. The van der Waals surface area contributed by atoms with Crippen LogP contribution in [0.4, 0.5) is 0 Å². The molecule has 34 heavy (non-hydrogen) atoms. The first-order valence-electron chi connectivity index (χ1n) is 11.5. The van der Waals surface area contributed by atoms with Crippen LogP contribution in [-0.2, 0) is 25.5 Å². The first-order chi connectivity index (χ1) is 16.2. The number of nitrogens with zero attached hydrogens (tertiary/aromatic N) is 1. The summed E-state index contributed by atoms with van der Waals surface area (Å²) in [5, 5.41) is 12.7. The van der Waals surface area contributed by atoms with Crippen LogP contribution >= 0.6 is 0 Å². The summed E-state index contributed by atoms with van der Waals surface area (Å²) < 4.78 is 12.1. The molecule has 8 heteroatoms. The molecule has 1 saturated heterocycles. The molecule has 2 aliphatic rings. The number of hydrogen-bond donors (Lipinski definition) is 2. The monoisotopic (exact) mass is 466 g/mol. The number of ether oxygens (including phenoxy) is 2. The van der Waals surface area contributed by atoms with Gasteiger partial charge in [-0.1, -0.05) is 42.5 Å². The molecule has 2 aromatic rings. The van der Waals surface area contributed by atoms with Gasteiger partial charge in [-0.2, -0.15) is 0 Å². The molecule has 0 aromatic heterocycles. The van der Waals surface area contributed by atoms with E-state index < -0.39 is 35.7 Å². The maximum Gasteiger partial charge on any atom is 0.326 e. The van der Waals surface area contributed by atoms with Crippen LogP contribution in [0.1, 0.15) is 43.9 Å². The average Bonchev–Trinajstić information content (AvgIpc) is 3.20. The van der Waals surface area contributed by atoms with Crippen LogP contribution < -0.4 is 10.1 Å². The molecule has 4 rings (SSSR count). The number of fused-ring (bicyclic) bond motifs is 4. The van der Waals surface area contributed by atoms with Crippen molar-refractivity contribution in [3.05, 3.63) is 65.7 Å². The predicted octanol–water partition coefficient (Wildman–Crippen LogP) is 2.72. The van der Waals surface area contributed by atoms with Crippen molar-refractivity contribution in [1.29, 1.82) is 0 Å². The highest BCUT2D eigenvalue weighted by atomic mass is 16.5. The molecule has 4 bridgehead atoms. The number of amides is 2. The number of carboxylic acid groups (broad SMARTS) is 1. The fourth-order valence-electron chi connectivity index (χ4n) is 4.53. The van der Waals surface area contributed by atoms with Crippen LogP contribution in [0, 0.1) is 0 Å². The third-order valence-electron chi connectivity index (χ3n) is 6.24. The maximum absolute atomic E-state index is 13.7. The van der Waals surface area contributed by atoms with Crippen molar-refractivity contribution in [3.63, 3.8) is 0 Å². The predicted molar refractivity (Wildman–Crippen MR) is 124 cm³/mol. The third-order valence-corrected chi connectivity index (χ3v) is 6.24. The summed E-state index contributed by atoms with van der Waals surface area (Å²) in [7, 11) is 0. The van der Waals surface area contributed by atoms with Gasteiger partial charge in [0, 0.05) is 19.4 Å². The summed E-state index contributed by atoms with van der Waals surface area (Å²) >= 11 is 0. The van der Waals surface area contributed by atoms with E-state index in [9.17, 15) is 19.5 Å². The molecule has 0 aliphatic carbocycles. The van der Waals surface area contributed by atoms with Gasteiger partial charge in [0.2, 0.25) is 5.91 Å². The van der Waals surface area contributed by atoms with Gasteiger partial charge in [0.15, 0.2) is 0 Å². The molecule has 0 unspecified atom stereocenters. The molecular formula is C26H30N2O6. The quantitative estimate of drug-likeness (QED) is 0.705. The van der Waals surface area contributed by atoms with Crippen molar-refractivity contribution in [2.75, 3.05) is 13.2 Å². The van der Waals surface area contributed by atoms with Gasteiger partial charge in [0.1, 0.15) is 17.8 Å². The van der Waals surface area contributed by atoms with Gasteiger partial charge in [-0.25, -0.2) is 4.79 Å². The van der Waals surface area contributed by atoms with Crippen LogP contribution in [0.5, 0.6) is 5.75 Å². The summed E-state index contributed by atoms with van der Waals surface area (Å²) in [6.45, 7) is 4.40. The number of hydrogen-bond acceptors (Lipinski definition) is 5. The van der Waals surface area contributed by atoms with Gasteiger partial charge in [0.05, 0.1) is 24.7 Å². The Morgan fingerprint density at radius 3 is 2.62 bits per heavy atom. The second-order valence-electron chi connectivity index (χ2n) is 9.41. The molecule has 2 aliphatic heterocycles. The van der Waals surface area contributed by atoms with E-state index in [0.29, 0.717) is 24.3 Å². The van der Waals surface area contributed by atoms with Crippen molar-refractivity contribution in [1.82, 2.24) is 10.2 Å². The van der Waals surface area contributed by atoms with E-state index in [1.54, 1.807) is 24.3 Å². The average molecular weight is 467 g/mol. The Morgan fingerprint density at radius 1 is 1.12 bits per heavy atom. The van der Waals surface area contributed by atoms with Crippen molar-refractivity contribution in [2.24, 2.45) is 0 Å². The lowest BCUT2D eigenvalue weighted by molar-refractivity contribution is -0.149. The lowest BCUT2D eigenvalue weighted by Gasteiger charge is -2.30. The van der Waals surface area contributed by atoms with E-state index in [1.165, 1.54) is 4.90 Å². The van der Waals surface area contributed by atoms with Crippen LogP contribution in [0.25, 0.3) is 0 Å². The van der Waals surface area contributed by atoms with E-state index >= 15 is 0 Å². The highest BCUT2D eigenvalue weighted by Gasteiger charge is 2.44. The summed E-state index contributed by atoms with van der Waals surface area (Å²) in [6.07, 6.45) is 0.380. The highest BCUT2D eigenvalue weighted by Crippen LogP contribution is 2.30. The summed E-state index contributed by atoms with van der Waals surface area (Å²) in [4.78, 5) is 40.0. The minimum Gasteiger partial charge on any atom is -0.493 e. The second-order valence-corrected chi connectivity index (χ2v) is 9.41. The summed E-state index contributed by atoms with van der Waals surface area (Å²) in [5.41, 5.74) is 0.767. The first-order valence-corrected chi connectivity index (χ1v) is 11.5. The zero-order valence-corrected chi connectivity index (χ0v) is 19.4. The van der Waals surface area contributed by atoms with Gasteiger partial charge < -0.3 is 24.8 Å². The molecule has 2 heterocycles. The lowest BCUT2D eigenvalue weighted by Crippen LogP contribution is -2.47. The van der Waals surface area contributed by atoms with E-state index in [1.807, 2.05) is 44.2 Å². The highest BCUT2D eigenvalue weighted by molar-refractivity contribution is 5.92. The van der Waals surface area contributed by atoms with Gasteiger partial charge in [-0.05, 0) is 37.1 Å². The third kappa shape index (κ3) is 5.56. The van der Waals surface area contributed by atoms with Crippen LogP contribution in [0.15, 0.2) is 54.6 Å². The Bertz CT molecular complexity index is 1050. The Hall–Kier alpha value is -3.39. The molecular weight excluding hydrogens is 436 g/mol. The van der Waals surface area contributed by atoms with Crippen LogP contribution in [0.3, 0.4) is 0 Å². The Labute approximate surface area is 198 Å². The summed E-state index contributed by atoms with van der Waals surface area (Å²) in [5.74, 6) is -1.24. The van der Waals surface area contributed by atoms with Crippen LogP contribution in [-0.4, -0.2) is 58.7 Å². The van der Waals surface area contributed by atoms with Crippen molar-refractivity contribution in [2.45, 2.75) is 56.9 Å². The van der Waals surface area contributed by atoms with E-state index in [-0.39, 0.29) is 25.3 Å². The number of aliphatic carboxylic acids is 1. The fourth-order valence-corrected chi connectivity index (χ4v) is 4.53.